The van der Waals surface area contributed by atoms with Crippen LogP contribution in [-0.2, 0) is 13.1 Å². The van der Waals surface area contributed by atoms with Crippen LogP contribution in [-0.4, -0.2) is 11.9 Å². The Labute approximate surface area is 120 Å². The van der Waals surface area contributed by atoms with Crippen LogP contribution in [0.25, 0.3) is 0 Å². The Balaban J connectivity index is 1.98. The Kier molecular flexibility index (Phi) is 4.54. The number of benzene rings is 1. The van der Waals surface area contributed by atoms with Gasteiger partial charge in [0.1, 0.15) is 0 Å². The van der Waals surface area contributed by atoms with E-state index >= 15 is 0 Å². The lowest BCUT2D eigenvalue weighted by atomic mass is 10.1. The van der Waals surface area contributed by atoms with Gasteiger partial charge in [-0.3, -0.25) is 4.90 Å². The van der Waals surface area contributed by atoms with E-state index in [1.165, 1.54) is 11.1 Å². The Morgan fingerprint density at radius 2 is 2.06 bits per heavy atom. The van der Waals surface area contributed by atoms with Crippen LogP contribution in [0.2, 0.25) is 0 Å². The standard InChI is InChI=1S/C14H13BrN2S/c1-17(9-13-6-14(15)18-10-13)8-12-4-2-3-11(5-12)7-16/h2-6,10H,8-9H2,1H3. The van der Waals surface area contributed by atoms with Gasteiger partial charge in [0.2, 0.25) is 0 Å². The highest BCUT2D eigenvalue weighted by Gasteiger charge is 2.04. The van der Waals surface area contributed by atoms with Gasteiger partial charge in [-0.1, -0.05) is 12.1 Å². The summed E-state index contributed by atoms with van der Waals surface area (Å²) in [6.45, 7) is 1.77. The lowest BCUT2D eigenvalue weighted by Gasteiger charge is -2.15. The molecular weight excluding hydrogens is 308 g/mol. The van der Waals surface area contributed by atoms with E-state index in [1.807, 2.05) is 18.2 Å². The number of hydrogen-bond donors (Lipinski definition) is 0. The second-order valence-electron chi connectivity index (χ2n) is 4.24. The summed E-state index contributed by atoms with van der Waals surface area (Å²) in [4.78, 5) is 2.24. The lowest BCUT2D eigenvalue weighted by molar-refractivity contribution is 0.319. The molecule has 0 radical (unpaired) electrons. The quantitative estimate of drug-likeness (QED) is 0.850. The zero-order valence-electron chi connectivity index (χ0n) is 10.1. The number of hydrogen-bond acceptors (Lipinski definition) is 3. The minimum Gasteiger partial charge on any atom is -0.298 e. The van der Waals surface area contributed by atoms with E-state index in [4.69, 9.17) is 5.26 Å². The number of thiophene rings is 1. The molecule has 0 fully saturated rings. The largest absolute Gasteiger partial charge is 0.298 e. The van der Waals surface area contributed by atoms with Gasteiger partial charge in [-0.15, -0.1) is 11.3 Å². The van der Waals surface area contributed by atoms with Gasteiger partial charge in [-0.25, -0.2) is 0 Å². The molecule has 0 unspecified atom stereocenters. The third-order valence-corrected chi connectivity index (χ3v) is 4.14. The molecule has 2 aromatic rings. The normalized spacial score (nSPS) is 10.6. The van der Waals surface area contributed by atoms with Crippen LogP contribution in [0.15, 0.2) is 39.5 Å². The zero-order valence-corrected chi connectivity index (χ0v) is 12.5. The molecule has 2 rings (SSSR count). The molecular formula is C14H13BrN2S. The molecule has 0 bridgehead atoms. The Morgan fingerprint density at radius 3 is 2.72 bits per heavy atom. The van der Waals surface area contributed by atoms with Crippen molar-refractivity contribution in [1.29, 1.82) is 5.26 Å². The van der Waals surface area contributed by atoms with Crippen LogP contribution in [0.1, 0.15) is 16.7 Å². The summed E-state index contributed by atoms with van der Waals surface area (Å²) in [5.74, 6) is 0. The predicted octanol–water partition coefficient (Wildman–Crippen LogP) is 4.01. The van der Waals surface area contributed by atoms with E-state index in [9.17, 15) is 0 Å². The van der Waals surface area contributed by atoms with Crippen molar-refractivity contribution in [3.8, 4) is 6.07 Å². The second-order valence-corrected chi connectivity index (χ2v) is 6.53. The molecule has 0 saturated carbocycles. The smallest absolute Gasteiger partial charge is 0.0991 e. The van der Waals surface area contributed by atoms with Crippen molar-refractivity contribution in [2.75, 3.05) is 7.05 Å². The summed E-state index contributed by atoms with van der Waals surface area (Å²) >= 11 is 5.18. The molecule has 0 amide bonds. The Bertz CT molecular complexity index is 571. The van der Waals surface area contributed by atoms with Crippen LogP contribution in [0.4, 0.5) is 0 Å². The minimum absolute atomic E-state index is 0.721. The highest BCUT2D eigenvalue weighted by molar-refractivity contribution is 9.11. The van der Waals surface area contributed by atoms with Crippen LogP contribution in [0, 0.1) is 11.3 Å². The van der Waals surface area contributed by atoms with Crippen molar-refractivity contribution in [3.05, 3.63) is 56.2 Å². The molecule has 18 heavy (non-hydrogen) atoms. The molecule has 1 heterocycles. The minimum atomic E-state index is 0.721. The molecule has 1 aromatic heterocycles. The number of halogens is 1. The molecule has 0 N–H and O–H groups in total. The van der Waals surface area contributed by atoms with Crippen LogP contribution < -0.4 is 0 Å². The first kappa shape index (κ1) is 13.3. The first-order chi connectivity index (χ1) is 8.67. The van der Waals surface area contributed by atoms with Crippen molar-refractivity contribution >= 4 is 27.3 Å². The number of nitrogens with zero attached hydrogens (tertiary/aromatic N) is 2. The van der Waals surface area contributed by atoms with Crippen molar-refractivity contribution in [2.24, 2.45) is 0 Å². The summed E-state index contributed by atoms with van der Waals surface area (Å²) < 4.78 is 1.16. The van der Waals surface area contributed by atoms with Gasteiger partial charge in [0, 0.05) is 13.1 Å². The maximum Gasteiger partial charge on any atom is 0.0991 e. The first-order valence-corrected chi connectivity index (χ1v) is 7.25. The Morgan fingerprint density at radius 1 is 1.28 bits per heavy atom. The fraction of sp³-hybridized carbons (Fsp3) is 0.214. The van der Waals surface area contributed by atoms with Crippen molar-refractivity contribution in [3.63, 3.8) is 0 Å². The zero-order chi connectivity index (χ0) is 13.0. The summed E-state index contributed by atoms with van der Waals surface area (Å²) in [6, 6.07) is 12.1. The molecule has 2 nitrogen and oxygen atoms in total. The average Bonchev–Trinajstić information content (AvgIpc) is 2.74. The van der Waals surface area contributed by atoms with E-state index in [-0.39, 0.29) is 0 Å². The van der Waals surface area contributed by atoms with Crippen molar-refractivity contribution in [2.45, 2.75) is 13.1 Å². The highest BCUT2D eigenvalue weighted by Crippen LogP contribution is 2.21. The molecule has 0 spiro atoms. The van der Waals surface area contributed by atoms with E-state index in [0.717, 1.165) is 22.4 Å². The lowest BCUT2D eigenvalue weighted by Crippen LogP contribution is -2.16. The van der Waals surface area contributed by atoms with Gasteiger partial charge in [-0.05, 0) is 57.7 Å². The summed E-state index contributed by atoms with van der Waals surface area (Å²) in [5, 5.41) is 11.0. The predicted molar refractivity (Wildman–Crippen MR) is 78.3 cm³/mol. The fourth-order valence-electron chi connectivity index (χ4n) is 1.85. The maximum atomic E-state index is 8.87. The van der Waals surface area contributed by atoms with Crippen LogP contribution in [0.3, 0.4) is 0 Å². The first-order valence-electron chi connectivity index (χ1n) is 5.58. The van der Waals surface area contributed by atoms with E-state index in [1.54, 1.807) is 11.3 Å². The third kappa shape index (κ3) is 3.67. The molecule has 0 atom stereocenters. The molecule has 92 valence electrons. The molecule has 0 aliphatic carbocycles. The van der Waals surface area contributed by atoms with Crippen molar-refractivity contribution < 1.29 is 0 Å². The average molecular weight is 321 g/mol. The van der Waals surface area contributed by atoms with Gasteiger partial charge in [0.05, 0.1) is 15.4 Å². The topological polar surface area (TPSA) is 27.0 Å². The van der Waals surface area contributed by atoms with E-state index in [0.29, 0.717) is 0 Å². The summed E-state index contributed by atoms with van der Waals surface area (Å²) in [6.07, 6.45) is 0. The third-order valence-electron chi connectivity index (χ3n) is 2.58. The van der Waals surface area contributed by atoms with Crippen LogP contribution in [0.5, 0.6) is 0 Å². The van der Waals surface area contributed by atoms with Gasteiger partial charge < -0.3 is 0 Å². The number of nitriles is 1. The fourth-order valence-corrected chi connectivity index (χ4v) is 3.05. The van der Waals surface area contributed by atoms with Crippen molar-refractivity contribution in [1.82, 2.24) is 4.90 Å². The van der Waals surface area contributed by atoms with Gasteiger partial charge in [0.15, 0.2) is 0 Å². The molecule has 1 aromatic carbocycles. The SMILES string of the molecule is CN(Cc1cccc(C#N)c1)Cc1csc(Br)c1. The Hall–Kier alpha value is -1.15. The molecule has 0 aliphatic rings. The van der Waals surface area contributed by atoms with Crippen LogP contribution >= 0.6 is 27.3 Å². The van der Waals surface area contributed by atoms with Gasteiger partial charge in [0.25, 0.3) is 0 Å². The van der Waals surface area contributed by atoms with Gasteiger partial charge in [-0.2, -0.15) is 5.26 Å². The summed E-state index contributed by atoms with van der Waals surface area (Å²) in [5.41, 5.74) is 3.20. The second kappa shape index (κ2) is 6.14. The van der Waals surface area contributed by atoms with E-state index < -0.39 is 0 Å². The van der Waals surface area contributed by atoms with E-state index in [2.05, 4.69) is 51.5 Å². The highest BCUT2D eigenvalue weighted by atomic mass is 79.9. The molecule has 0 aliphatic heterocycles. The maximum absolute atomic E-state index is 8.87. The molecule has 0 saturated heterocycles. The monoisotopic (exact) mass is 320 g/mol. The number of rotatable bonds is 4. The van der Waals surface area contributed by atoms with Gasteiger partial charge >= 0.3 is 0 Å². The molecule has 4 heteroatoms. The summed E-state index contributed by atoms with van der Waals surface area (Å²) in [7, 11) is 2.09.